The molecule has 0 aliphatic heterocycles. The Labute approximate surface area is 108 Å². The molecule has 4 nitrogen and oxygen atoms in total. The first-order valence-electron chi connectivity index (χ1n) is 6.17. The maximum absolute atomic E-state index is 12.2. The van der Waals surface area contributed by atoms with E-state index in [4.69, 9.17) is 5.73 Å². The molecule has 1 aromatic rings. The number of aromatic nitrogens is 1. The summed E-state index contributed by atoms with van der Waals surface area (Å²) in [5, 5.41) is 0. The zero-order valence-electron chi connectivity index (χ0n) is 10.8. The normalized spacial score (nSPS) is 22.2. The maximum atomic E-state index is 12.2. The van der Waals surface area contributed by atoms with Crippen molar-refractivity contribution in [2.24, 2.45) is 11.7 Å². The highest BCUT2D eigenvalue weighted by atomic mass is 16.2. The summed E-state index contributed by atoms with van der Waals surface area (Å²) in [5.41, 5.74) is 7.65. The summed E-state index contributed by atoms with van der Waals surface area (Å²) in [6.45, 7) is 2.49. The molecular weight excluding hydrogens is 226 g/mol. The highest BCUT2D eigenvalue weighted by Gasteiger charge is 2.25. The first-order valence-corrected chi connectivity index (χ1v) is 6.17. The fourth-order valence-electron chi connectivity index (χ4n) is 2.20. The number of carbonyl (C=O) groups excluding carboxylic acids is 1. The van der Waals surface area contributed by atoms with Crippen molar-refractivity contribution in [3.63, 3.8) is 0 Å². The van der Waals surface area contributed by atoms with Crippen LogP contribution in [0.1, 0.15) is 17.8 Å². The zero-order valence-corrected chi connectivity index (χ0v) is 10.8. The zero-order chi connectivity index (χ0) is 13.1. The molecule has 2 atom stereocenters. The summed E-state index contributed by atoms with van der Waals surface area (Å²) in [4.78, 5) is 18.3. The Bertz CT molecular complexity index is 470. The van der Waals surface area contributed by atoms with E-state index in [9.17, 15) is 4.79 Å². The van der Waals surface area contributed by atoms with Crippen molar-refractivity contribution in [3.8, 4) is 0 Å². The van der Waals surface area contributed by atoms with Gasteiger partial charge in [-0.3, -0.25) is 9.78 Å². The van der Waals surface area contributed by atoms with Crippen molar-refractivity contribution in [2.75, 3.05) is 7.05 Å². The van der Waals surface area contributed by atoms with E-state index < -0.39 is 0 Å². The van der Waals surface area contributed by atoms with E-state index in [1.165, 1.54) is 0 Å². The first kappa shape index (κ1) is 12.8. The van der Waals surface area contributed by atoms with E-state index >= 15 is 0 Å². The molecular formula is C14H19N3O. The van der Waals surface area contributed by atoms with Gasteiger partial charge in [-0.2, -0.15) is 0 Å². The van der Waals surface area contributed by atoms with E-state index in [1.54, 1.807) is 4.90 Å². The second-order valence-corrected chi connectivity index (χ2v) is 4.86. The summed E-state index contributed by atoms with van der Waals surface area (Å²) in [6.07, 6.45) is 4.53. The number of hydrogen-bond donors (Lipinski definition) is 1. The van der Waals surface area contributed by atoms with Gasteiger partial charge in [-0.15, -0.1) is 0 Å². The van der Waals surface area contributed by atoms with Crippen molar-refractivity contribution in [1.82, 2.24) is 9.88 Å². The molecule has 1 aromatic heterocycles. The van der Waals surface area contributed by atoms with Crippen molar-refractivity contribution in [2.45, 2.75) is 25.9 Å². The van der Waals surface area contributed by atoms with Crippen LogP contribution in [0.2, 0.25) is 0 Å². The minimum Gasteiger partial charge on any atom is -0.339 e. The van der Waals surface area contributed by atoms with Crippen LogP contribution in [0.15, 0.2) is 30.4 Å². The molecule has 2 unspecified atom stereocenters. The molecule has 1 amide bonds. The Morgan fingerprint density at radius 1 is 1.50 bits per heavy atom. The van der Waals surface area contributed by atoms with Crippen LogP contribution < -0.4 is 5.73 Å². The van der Waals surface area contributed by atoms with Crippen molar-refractivity contribution in [3.05, 3.63) is 41.7 Å². The highest BCUT2D eigenvalue weighted by Crippen LogP contribution is 2.19. The van der Waals surface area contributed by atoms with Crippen molar-refractivity contribution < 1.29 is 4.79 Å². The Morgan fingerprint density at radius 3 is 2.89 bits per heavy atom. The van der Waals surface area contributed by atoms with Crippen LogP contribution in [0.5, 0.6) is 0 Å². The molecule has 2 rings (SSSR count). The number of nitrogens with zero attached hydrogens (tertiary/aromatic N) is 2. The Kier molecular flexibility index (Phi) is 3.77. The molecule has 18 heavy (non-hydrogen) atoms. The smallest absolute Gasteiger partial charge is 0.229 e. The molecule has 1 aliphatic rings. The van der Waals surface area contributed by atoms with Crippen LogP contribution in [0.3, 0.4) is 0 Å². The Morgan fingerprint density at radius 2 is 2.28 bits per heavy atom. The number of amides is 1. The van der Waals surface area contributed by atoms with Gasteiger partial charge in [0.15, 0.2) is 0 Å². The summed E-state index contributed by atoms with van der Waals surface area (Å²) in [7, 11) is 1.81. The summed E-state index contributed by atoms with van der Waals surface area (Å²) >= 11 is 0. The van der Waals surface area contributed by atoms with Crippen LogP contribution in [-0.2, 0) is 11.3 Å². The third-order valence-corrected chi connectivity index (χ3v) is 3.16. The lowest BCUT2D eigenvalue weighted by atomic mass is 10.1. The predicted molar refractivity (Wildman–Crippen MR) is 70.7 cm³/mol. The number of nitrogens with two attached hydrogens (primary N) is 1. The quantitative estimate of drug-likeness (QED) is 0.815. The molecule has 0 spiro atoms. The lowest BCUT2D eigenvalue weighted by Crippen LogP contribution is -2.32. The van der Waals surface area contributed by atoms with Crippen molar-refractivity contribution in [1.29, 1.82) is 0 Å². The van der Waals surface area contributed by atoms with Crippen LogP contribution in [-0.4, -0.2) is 28.9 Å². The average Bonchev–Trinajstić information content (AvgIpc) is 2.75. The minimum atomic E-state index is -0.0743. The van der Waals surface area contributed by atoms with Gasteiger partial charge in [-0.1, -0.05) is 18.2 Å². The molecule has 4 heteroatoms. The maximum Gasteiger partial charge on any atom is 0.229 e. The van der Waals surface area contributed by atoms with Gasteiger partial charge in [0, 0.05) is 18.8 Å². The predicted octanol–water partition coefficient (Wildman–Crippen LogP) is 1.25. The summed E-state index contributed by atoms with van der Waals surface area (Å²) in [5.74, 6) is 0.0392. The molecule has 0 saturated heterocycles. The molecule has 2 N–H and O–H groups in total. The van der Waals surface area contributed by atoms with Gasteiger partial charge in [0.25, 0.3) is 0 Å². The van der Waals surface area contributed by atoms with Gasteiger partial charge in [-0.25, -0.2) is 0 Å². The average molecular weight is 245 g/mol. The SMILES string of the molecule is Cc1cccc(CN(C)C(=O)C2C=CC(N)C2)n1. The first-order chi connectivity index (χ1) is 8.56. The molecule has 1 aliphatic carbocycles. The molecule has 0 fully saturated rings. The van der Waals surface area contributed by atoms with Gasteiger partial charge >= 0.3 is 0 Å². The summed E-state index contributed by atoms with van der Waals surface area (Å²) in [6, 6.07) is 5.86. The number of pyridine rings is 1. The monoisotopic (exact) mass is 245 g/mol. The Hall–Kier alpha value is -1.68. The van der Waals surface area contributed by atoms with E-state index in [0.717, 1.165) is 11.4 Å². The van der Waals surface area contributed by atoms with E-state index in [2.05, 4.69) is 4.98 Å². The van der Waals surface area contributed by atoms with Crippen LogP contribution in [0, 0.1) is 12.8 Å². The van der Waals surface area contributed by atoms with Gasteiger partial charge in [-0.05, 0) is 25.5 Å². The number of aryl methyl sites for hydroxylation is 1. The van der Waals surface area contributed by atoms with Crippen LogP contribution in [0.4, 0.5) is 0 Å². The third kappa shape index (κ3) is 2.96. The molecule has 0 radical (unpaired) electrons. The number of rotatable bonds is 3. The third-order valence-electron chi connectivity index (χ3n) is 3.16. The van der Waals surface area contributed by atoms with Crippen molar-refractivity contribution >= 4 is 5.91 Å². The van der Waals surface area contributed by atoms with E-state index in [-0.39, 0.29) is 17.9 Å². The lowest BCUT2D eigenvalue weighted by molar-refractivity contribution is -0.133. The largest absolute Gasteiger partial charge is 0.339 e. The second kappa shape index (κ2) is 5.31. The minimum absolute atomic E-state index is 0.0180. The molecule has 0 saturated carbocycles. The van der Waals surface area contributed by atoms with Gasteiger partial charge in [0.05, 0.1) is 18.2 Å². The molecule has 1 heterocycles. The lowest BCUT2D eigenvalue weighted by Gasteiger charge is -2.20. The second-order valence-electron chi connectivity index (χ2n) is 4.86. The molecule has 96 valence electrons. The topological polar surface area (TPSA) is 59.2 Å². The molecule has 0 aromatic carbocycles. The van der Waals surface area contributed by atoms with Gasteiger partial charge in [0.2, 0.25) is 5.91 Å². The fraction of sp³-hybridized carbons (Fsp3) is 0.429. The van der Waals surface area contributed by atoms with Gasteiger partial charge in [0.1, 0.15) is 0 Å². The Balaban J connectivity index is 1.97. The molecule has 0 bridgehead atoms. The standard InChI is InChI=1S/C14H19N3O/c1-10-4-3-5-13(16-10)9-17(2)14(18)11-6-7-12(15)8-11/h3-7,11-12H,8-9,15H2,1-2H3. The fourth-order valence-corrected chi connectivity index (χ4v) is 2.20. The van der Waals surface area contributed by atoms with Crippen LogP contribution >= 0.6 is 0 Å². The van der Waals surface area contributed by atoms with E-state index in [0.29, 0.717) is 13.0 Å². The number of carbonyl (C=O) groups is 1. The van der Waals surface area contributed by atoms with Gasteiger partial charge < -0.3 is 10.6 Å². The summed E-state index contributed by atoms with van der Waals surface area (Å²) < 4.78 is 0. The van der Waals surface area contributed by atoms with Crippen LogP contribution in [0.25, 0.3) is 0 Å². The number of hydrogen-bond acceptors (Lipinski definition) is 3. The van der Waals surface area contributed by atoms with E-state index in [1.807, 2.05) is 44.3 Å². The highest BCUT2D eigenvalue weighted by molar-refractivity contribution is 5.80.